The standard InChI is InChI=1S/C34H44O7/c1-5-11-24(28-18-29(36)34(33(37)40-28)30(6-2)41-34)27-20-39-32-25(27)17-23(16-21(3)4)31(26(32)19-35)38-15-10-14-22-12-8-7-9-13-22/h7-10,12-14,17,20-21,24,28-30,33,35-37H,5-6,11,15-16,18-19H2,1-4H3. The van der Waals surface area contributed by atoms with Crippen molar-refractivity contribution in [2.75, 3.05) is 6.61 Å². The van der Waals surface area contributed by atoms with Gasteiger partial charge in [0.1, 0.15) is 17.9 Å². The molecule has 6 unspecified atom stereocenters. The Labute approximate surface area is 242 Å². The lowest BCUT2D eigenvalue weighted by Gasteiger charge is -2.39. The van der Waals surface area contributed by atoms with E-state index in [9.17, 15) is 15.3 Å². The highest BCUT2D eigenvalue weighted by atomic mass is 16.7. The highest BCUT2D eigenvalue weighted by Gasteiger charge is 2.68. The predicted molar refractivity (Wildman–Crippen MR) is 159 cm³/mol. The molecule has 0 bridgehead atoms. The van der Waals surface area contributed by atoms with Gasteiger partial charge in [0, 0.05) is 23.3 Å². The van der Waals surface area contributed by atoms with Gasteiger partial charge < -0.3 is 33.9 Å². The summed E-state index contributed by atoms with van der Waals surface area (Å²) in [5.74, 6) is 0.925. The van der Waals surface area contributed by atoms with Crippen molar-refractivity contribution in [2.24, 2.45) is 5.92 Å². The summed E-state index contributed by atoms with van der Waals surface area (Å²) < 4.78 is 24.4. The van der Waals surface area contributed by atoms with Crippen molar-refractivity contribution in [1.29, 1.82) is 0 Å². The van der Waals surface area contributed by atoms with Gasteiger partial charge in [-0.2, -0.15) is 0 Å². The van der Waals surface area contributed by atoms with Gasteiger partial charge in [0.05, 0.1) is 36.7 Å². The Morgan fingerprint density at radius 1 is 1.15 bits per heavy atom. The Hall–Kier alpha value is -2.68. The zero-order chi connectivity index (χ0) is 29.1. The van der Waals surface area contributed by atoms with E-state index in [1.165, 1.54) is 0 Å². The van der Waals surface area contributed by atoms with Crippen LogP contribution in [-0.4, -0.2) is 52.1 Å². The van der Waals surface area contributed by atoms with E-state index in [-0.39, 0.29) is 18.6 Å². The normalized spacial score (nSPS) is 26.8. The van der Waals surface area contributed by atoms with Crippen LogP contribution in [0.15, 0.2) is 53.2 Å². The summed E-state index contributed by atoms with van der Waals surface area (Å²) in [6, 6.07) is 12.2. The Morgan fingerprint density at radius 2 is 1.93 bits per heavy atom. The first-order chi connectivity index (χ1) is 19.8. The third-order valence-corrected chi connectivity index (χ3v) is 8.51. The number of epoxide rings is 1. The maximum absolute atomic E-state index is 11.1. The third-order valence-electron chi connectivity index (χ3n) is 8.51. The minimum absolute atomic E-state index is 0.110. The lowest BCUT2D eigenvalue weighted by atomic mass is 9.80. The van der Waals surface area contributed by atoms with Crippen LogP contribution in [0.2, 0.25) is 0 Å². The molecule has 3 N–H and O–H groups in total. The molecule has 1 spiro atoms. The summed E-state index contributed by atoms with van der Waals surface area (Å²) in [6.45, 7) is 8.56. The van der Waals surface area contributed by atoms with Crippen LogP contribution >= 0.6 is 0 Å². The first kappa shape index (κ1) is 29.8. The van der Waals surface area contributed by atoms with Gasteiger partial charge in [-0.25, -0.2) is 0 Å². The van der Waals surface area contributed by atoms with E-state index >= 15 is 0 Å². The summed E-state index contributed by atoms with van der Waals surface area (Å²) in [5, 5.41) is 33.4. The largest absolute Gasteiger partial charge is 0.489 e. The molecule has 0 amide bonds. The smallest absolute Gasteiger partial charge is 0.189 e. The molecule has 2 fully saturated rings. The van der Waals surface area contributed by atoms with E-state index in [0.29, 0.717) is 42.3 Å². The summed E-state index contributed by atoms with van der Waals surface area (Å²) in [4.78, 5) is 0. The second-order valence-corrected chi connectivity index (χ2v) is 11.8. The van der Waals surface area contributed by atoms with Gasteiger partial charge >= 0.3 is 0 Å². The van der Waals surface area contributed by atoms with Crippen LogP contribution in [0.4, 0.5) is 0 Å². The predicted octanol–water partition coefficient (Wildman–Crippen LogP) is 6.12. The number of fused-ring (bicyclic) bond motifs is 1. The molecule has 0 aliphatic carbocycles. The van der Waals surface area contributed by atoms with Crippen LogP contribution in [-0.2, 0) is 22.5 Å². The fourth-order valence-electron chi connectivity index (χ4n) is 6.51. The van der Waals surface area contributed by atoms with Crippen molar-refractivity contribution in [2.45, 2.75) is 103 Å². The van der Waals surface area contributed by atoms with E-state index < -0.39 is 24.1 Å². The highest BCUT2D eigenvalue weighted by molar-refractivity contribution is 5.88. The molecule has 2 aliphatic rings. The number of hydrogen-bond donors (Lipinski definition) is 3. The quantitative estimate of drug-likeness (QED) is 0.228. The summed E-state index contributed by atoms with van der Waals surface area (Å²) in [6.07, 6.45) is 6.68. The Kier molecular flexibility index (Phi) is 9.21. The Morgan fingerprint density at radius 3 is 2.56 bits per heavy atom. The molecular formula is C34H44O7. The van der Waals surface area contributed by atoms with Gasteiger partial charge in [-0.1, -0.05) is 70.5 Å². The number of ether oxygens (including phenoxy) is 3. The van der Waals surface area contributed by atoms with E-state index in [0.717, 1.165) is 41.3 Å². The van der Waals surface area contributed by atoms with Crippen LogP contribution in [0.25, 0.3) is 17.0 Å². The minimum atomic E-state index is -1.19. The van der Waals surface area contributed by atoms with Gasteiger partial charge in [-0.05, 0) is 48.4 Å². The van der Waals surface area contributed by atoms with Crippen LogP contribution in [0.1, 0.15) is 81.5 Å². The van der Waals surface area contributed by atoms with Crippen molar-refractivity contribution >= 4 is 17.0 Å². The van der Waals surface area contributed by atoms with Crippen LogP contribution in [0, 0.1) is 5.92 Å². The summed E-state index contributed by atoms with van der Waals surface area (Å²) in [7, 11) is 0. The average Bonchev–Trinajstić information content (AvgIpc) is 3.57. The molecule has 6 atom stereocenters. The van der Waals surface area contributed by atoms with E-state index in [2.05, 4.69) is 26.8 Å². The highest BCUT2D eigenvalue weighted by Crippen LogP contribution is 2.52. The van der Waals surface area contributed by atoms with Crippen LogP contribution < -0.4 is 4.74 Å². The SMILES string of the molecule is CCCC(c1coc2c(CO)c(OCC=Cc3ccccc3)c(CC(C)C)cc12)C1CC(O)C2(OC2CC)C(O)O1. The molecule has 41 heavy (non-hydrogen) atoms. The first-order valence-electron chi connectivity index (χ1n) is 15.0. The lowest BCUT2D eigenvalue weighted by Crippen LogP contribution is -2.53. The maximum atomic E-state index is 11.1. The van der Waals surface area contributed by atoms with Crippen molar-refractivity contribution in [1.82, 2.24) is 0 Å². The van der Waals surface area contributed by atoms with E-state index in [4.69, 9.17) is 18.6 Å². The molecule has 7 nitrogen and oxygen atoms in total. The van der Waals surface area contributed by atoms with Gasteiger partial charge in [0.2, 0.25) is 0 Å². The molecule has 2 aromatic carbocycles. The molecule has 7 heteroatoms. The summed E-state index contributed by atoms with van der Waals surface area (Å²) >= 11 is 0. The molecule has 3 aromatic rings. The topological polar surface area (TPSA) is 105 Å². The second-order valence-electron chi connectivity index (χ2n) is 11.8. The second kappa shape index (κ2) is 12.7. The molecular weight excluding hydrogens is 520 g/mol. The Balaban J connectivity index is 1.47. The number of aliphatic hydroxyl groups excluding tert-OH is 3. The zero-order valence-corrected chi connectivity index (χ0v) is 24.6. The maximum Gasteiger partial charge on any atom is 0.189 e. The van der Waals surface area contributed by atoms with Gasteiger partial charge in [-0.15, -0.1) is 0 Å². The Bertz CT molecular complexity index is 1320. The van der Waals surface area contributed by atoms with Crippen molar-refractivity contribution in [3.63, 3.8) is 0 Å². The molecule has 2 aliphatic heterocycles. The molecule has 5 rings (SSSR count). The number of hydrogen-bond acceptors (Lipinski definition) is 7. The zero-order valence-electron chi connectivity index (χ0n) is 24.6. The molecule has 0 saturated carbocycles. The van der Waals surface area contributed by atoms with Crippen LogP contribution in [0.5, 0.6) is 5.75 Å². The molecule has 222 valence electrons. The van der Waals surface area contributed by atoms with Crippen molar-refractivity contribution in [3.05, 3.63) is 71.0 Å². The number of rotatable bonds is 12. The third kappa shape index (κ3) is 5.84. The fraction of sp³-hybridized carbons (Fsp3) is 0.529. The fourth-order valence-corrected chi connectivity index (χ4v) is 6.51. The van der Waals surface area contributed by atoms with Crippen molar-refractivity contribution in [3.8, 4) is 5.75 Å². The van der Waals surface area contributed by atoms with Gasteiger partial charge in [0.15, 0.2) is 11.9 Å². The monoisotopic (exact) mass is 564 g/mol. The van der Waals surface area contributed by atoms with Gasteiger partial charge in [0.25, 0.3) is 0 Å². The molecule has 3 heterocycles. The van der Waals surface area contributed by atoms with Crippen molar-refractivity contribution < 1.29 is 33.9 Å². The van der Waals surface area contributed by atoms with E-state index in [1.807, 2.05) is 49.4 Å². The number of benzene rings is 2. The first-order valence-corrected chi connectivity index (χ1v) is 15.0. The molecule has 1 aromatic heterocycles. The number of aliphatic hydroxyl groups is 3. The molecule has 2 saturated heterocycles. The minimum Gasteiger partial charge on any atom is -0.489 e. The molecule has 0 radical (unpaired) electrons. The number of furan rings is 1. The average molecular weight is 565 g/mol. The van der Waals surface area contributed by atoms with E-state index in [1.54, 1.807) is 6.26 Å². The summed E-state index contributed by atoms with van der Waals surface area (Å²) in [5.41, 5.74) is 3.29. The van der Waals surface area contributed by atoms with Gasteiger partial charge in [-0.3, -0.25) is 0 Å². The van der Waals surface area contributed by atoms with Crippen LogP contribution in [0.3, 0.4) is 0 Å². The lowest BCUT2D eigenvalue weighted by molar-refractivity contribution is -0.236.